The van der Waals surface area contributed by atoms with Crippen molar-refractivity contribution in [3.63, 3.8) is 0 Å². The van der Waals surface area contributed by atoms with Crippen LogP contribution in [0.2, 0.25) is 0 Å². The van der Waals surface area contributed by atoms with Gasteiger partial charge in [-0.25, -0.2) is 4.98 Å². The Balaban J connectivity index is 0.00000229. The fourth-order valence-corrected chi connectivity index (χ4v) is 9.02. The zero-order valence-corrected chi connectivity index (χ0v) is 33.1. The number of fused-ring (bicyclic) bond motifs is 2. The van der Waals surface area contributed by atoms with Gasteiger partial charge in [0.25, 0.3) is 0 Å². The summed E-state index contributed by atoms with van der Waals surface area (Å²) in [5.41, 5.74) is 11.7. The van der Waals surface area contributed by atoms with Gasteiger partial charge in [-0.15, -0.1) is 16.8 Å². The quantitative estimate of drug-likeness (QED) is 0.136. The highest BCUT2D eigenvalue weighted by atomic mass is 15.2. The van der Waals surface area contributed by atoms with Crippen molar-refractivity contribution >= 4 is 22.4 Å². The molecule has 2 aromatic carbocycles. The van der Waals surface area contributed by atoms with Crippen LogP contribution in [0.1, 0.15) is 75.8 Å². The number of nitrogens with zero attached hydrogens (tertiary/aromatic N) is 7. The molecule has 55 heavy (non-hydrogen) atoms. The number of piperidine rings is 2. The Morgan fingerprint density at radius 1 is 0.945 bits per heavy atom. The first kappa shape index (κ1) is 38.1. The van der Waals surface area contributed by atoms with Crippen molar-refractivity contribution in [2.45, 2.75) is 83.2 Å². The van der Waals surface area contributed by atoms with Crippen molar-refractivity contribution in [1.29, 1.82) is 0 Å². The van der Waals surface area contributed by atoms with Crippen molar-refractivity contribution in [2.75, 3.05) is 43.0 Å². The van der Waals surface area contributed by atoms with Gasteiger partial charge in [0.05, 0.1) is 29.1 Å². The Kier molecular flexibility index (Phi) is 12.1. The average Bonchev–Trinajstić information content (AvgIpc) is 3.68. The number of pyridine rings is 1. The van der Waals surface area contributed by atoms with Crippen LogP contribution in [-0.2, 0) is 6.42 Å². The molecule has 2 unspecified atom stereocenters. The molecule has 3 aliphatic rings. The minimum absolute atomic E-state index is 0.283. The molecule has 1 N–H and O–H groups in total. The van der Waals surface area contributed by atoms with Gasteiger partial charge in [0.1, 0.15) is 11.3 Å². The number of allylic oxidation sites excluding steroid dienone is 1. The van der Waals surface area contributed by atoms with E-state index in [-0.39, 0.29) is 6.04 Å². The smallest absolute Gasteiger partial charge is 0.137 e. The Labute approximate surface area is 328 Å². The molecule has 8 nitrogen and oxygen atoms in total. The van der Waals surface area contributed by atoms with E-state index < -0.39 is 0 Å². The summed E-state index contributed by atoms with van der Waals surface area (Å²) in [5, 5.41) is 12.3. The number of hydrogen-bond donors (Lipinski definition) is 1. The van der Waals surface area contributed by atoms with Crippen molar-refractivity contribution in [1.82, 2.24) is 30.0 Å². The summed E-state index contributed by atoms with van der Waals surface area (Å²) in [6, 6.07) is 26.4. The maximum atomic E-state index is 4.91. The average molecular weight is 735 g/mol. The van der Waals surface area contributed by atoms with Crippen LogP contribution < -0.4 is 15.1 Å². The summed E-state index contributed by atoms with van der Waals surface area (Å²) in [7, 11) is 2.00. The molecule has 2 fully saturated rings. The number of hydrogen-bond acceptors (Lipinski definition) is 7. The molecule has 5 aromatic rings. The molecule has 2 atom stereocenters. The Morgan fingerprint density at radius 3 is 2.49 bits per heavy atom. The molecule has 0 radical (unpaired) electrons. The Hall–Kier alpha value is -5.21. The second-order valence-corrected chi connectivity index (χ2v) is 14.9. The van der Waals surface area contributed by atoms with E-state index in [4.69, 9.17) is 4.98 Å². The number of aromatic nitrogens is 4. The highest BCUT2D eigenvalue weighted by molar-refractivity contribution is 5.81. The molecule has 0 aliphatic carbocycles. The van der Waals surface area contributed by atoms with E-state index >= 15 is 0 Å². The summed E-state index contributed by atoms with van der Waals surface area (Å²) in [5.74, 6) is 1.48. The van der Waals surface area contributed by atoms with Gasteiger partial charge in [-0.05, 0) is 105 Å². The van der Waals surface area contributed by atoms with E-state index in [9.17, 15) is 0 Å². The molecule has 3 aromatic heterocycles. The minimum Gasteiger partial charge on any atom is -0.390 e. The molecule has 6 heterocycles. The third-order valence-electron chi connectivity index (χ3n) is 11.9. The fourth-order valence-electron chi connectivity index (χ4n) is 9.02. The van der Waals surface area contributed by atoms with Gasteiger partial charge in [-0.2, -0.15) is 0 Å². The van der Waals surface area contributed by atoms with Crippen LogP contribution in [0.5, 0.6) is 0 Å². The van der Waals surface area contributed by atoms with Crippen LogP contribution in [0.15, 0.2) is 122 Å². The number of benzene rings is 2. The molecule has 8 rings (SSSR count). The van der Waals surface area contributed by atoms with E-state index in [0.29, 0.717) is 12.0 Å². The molecular weight excluding hydrogens is 677 g/mol. The number of likely N-dealkylation sites (tertiary alicyclic amines) is 1. The third kappa shape index (κ3) is 7.97. The van der Waals surface area contributed by atoms with Crippen LogP contribution in [0, 0.1) is 0 Å². The van der Waals surface area contributed by atoms with Gasteiger partial charge in [0.2, 0.25) is 0 Å². The second-order valence-electron chi connectivity index (χ2n) is 14.9. The molecule has 0 bridgehead atoms. The standard InChI is InChI=1S/C45H52N8.C2H6/c1-5-6-16-42(33(3)46-4)52-24-11-15-39-38(14-10-17-43(39)52)34-20-25-50(26-21-34)36-22-27-51(32(2)29-36)37-18-19-45(47-31-37)53-28-23-40-44(53)30-41(49-48-40)35-12-8-7-9-13-35;1-2/h5,7-10,12-14,17-19,23,28,30-31,34,36,42,46H,1-3,6,11,15-16,20-22,24-27,29H2,4H3;1-2H3. The molecule has 286 valence electrons. The number of rotatable bonds is 11. The van der Waals surface area contributed by atoms with Crippen LogP contribution in [0.25, 0.3) is 28.1 Å². The SMILES string of the molecule is C=CCCC(C(=C)NC)N1CCCc2c(C3CCN(C4CCN(c5ccc(-n6ccc7nnc(-c8ccccc8)cc76)nc5)C(=C)C4)CC3)cccc21.CC. The van der Waals surface area contributed by atoms with E-state index in [0.717, 1.165) is 91.4 Å². The lowest BCUT2D eigenvalue weighted by Gasteiger charge is -2.44. The Bertz CT molecular complexity index is 2080. The summed E-state index contributed by atoms with van der Waals surface area (Å²) < 4.78 is 2.09. The zero-order valence-electron chi connectivity index (χ0n) is 33.1. The van der Waals surface area contributed by atoms with Crippen LogP contribution in [0.3, 0.4) is 0 Å². The topological polar surface area (TPSA) is 65.3 Å². The van der Waals surface area contributed by atoms with Gasteiger partial charge < -0.3 is 15.1 Å². The molecule has 8 heteroatoms. The lowest BCUT2D eigenvalue weighted by Crippen LogP contribution is -2.46. The molecule has 3 aliphatic heterocycles. The highest BCUT2D eigenvalue weighted by Gasteiger charge is 2.33. The summed E-state index contributed by atoms with van der Waals surface area (Å²) >= 11 is 0. The zero-order chi connectivity index (χ0) is 38.3. The molecule has 0 saturated carbocycles. The lowest BCUT2D eigenvalue weighted by atomic mass is 9.82. The van der Waals surface area contributed by atoms with E-state index in [1.54, 1.807) is 11.1 Å². The second kappa shape index (κ2) is 17.5. The molecule has 0 amide bonds. The molecule has 2 saturated heterocycles. The van der Waals surface area contributed by atoms with E-state index in [1.807, 2.05) is 63.6 Å². The summed E-state index contributed by atoms with van der Waals surface area (Å²) in [6.07, 6.45) is 15.0. The Morgan fingerprint density at radius 2 is 1.76 bits per heavy atom. The lowest BCUT2D eigenvalue weighted by molar-refractivity contribution is 0.138. The van der Waals surface area contributed by atoms with Gasteiger partial charge >= 0.3 is 0 Å². The molecular formula is C47H58N8. The normalized spacial score (nSPS) is 18.3. The first-order chi connectivity index (χ1) is 27.0. The van der Waals surface area contributed by atoms with E-state index in [1.165, 1.54) is 37.1 Å². The predicted octanol–water partition coefficient (Wildman–Crippen LogP) is 9.69. The minimum atomic E-state index is 0.283. The molecule has 0 spiro atoms. The van der Waals surface area contributed by atoms with E-state index in [2.05, 4.69) is 103 Å². The van der Waals surface area contributed by atoms with Crippen molar-refractivity contribution in [3.8, 4) is 17.1 Å². The first-order valence-electron chi connectivity index (χ1n) is 20.4. The maximum Gasteiger partial charge on any atom is 0.137 e. The summed E-state index contributed by atoms with van der Waals surface area (Å²) in [4.78, 5) is 12.6. The number of likely N-dealkylation sites (N-methyl/N-ethyl adjacent to an activating group) is 1. The van der Waals surface area contributed by atoms with Gasteiger partial charge in [-0.3, -0.25) is 9.47 Å². The van der Waals surface area contributed by atoms with Crippen molar-refractivity contribution in [3.05, 3.63) is 134 Å². The van der Waals surface area contributed by atoms with Gasteiger partial charge in [0, 0.05) is 61.4 Å². The number of anilines is 2. The number of nitrogens with one attached hydrogen (secondary N) is 1. The first-order valence-corrected chi connectivity index (χ1v) is 20.4. The van der Waals surface area contributed by atoms with Gasteiger partial charge in [-0.1, -0.05) is 75.5 Å². The van der Waals surface area contributed by atoms with Gasteiger partial charge in [0.15, 0.2) is 0 Å². The van der Waals surface area contributed by atoms with Crippen molar-refractivity contribution < 1.29 is 0 Å². The van der Waals surface area contributed by atoms with Crippen molar-refractivity contribution in [2.24, 2.45) is 0 Å². The maximum absolute atomic E-state index is 4.91. The monoisotopic (exact) mass is 734 g/mol. The largest absolute Gasteiger partial charge is 0.390 e. The summed E-state index contributed by atoms with van der Waals surface area (Å²) in [6.45, 7) is 21.3. The fraction of sp³-hybridized carbons (Fsp3) is 0.383. The van der Waals surface area contributed by atoms with Crippen LogP contribution >= 0.6 is 0 Å². The third-order valence-corrected chi connectivity index (χ3v) is 11.9. The highest BCUT2D eigenvalue weighted by Crippen LogP contribution is 2.40. The van der Waals surface area contributed by atoms with Crippen LogP contribution in [0.4, 0.5) is 11.4 Å². The predicted molar refractivity (Wildman–Crippen MR) is 230 cm³/mol. The van der Waals surface area contributed by atoms with Crippen LogP contribution in [-0.4, -0.2) is 70.0 Å².